The number of carbonyl (C=O) groups is 1. The van der Waals surface area contributed by atoms with Gasteiger partial charge in [0.25, 0.3) is 0 Å². The lowest BCUT2D eigenvalue weighted by Gasteiger charge is -2.10. The maximum absolute atomic E-state index is 11.4. The molecule has 0 fully saturated rings. The van der Waals surface area contributed by atoms with Crippen molar-refractivity contribution < 1.29 is 9.53 Å². The summed E-state index contributed by atoms with van der Waals surface area (Å²) < 4.78 is 4.96. The summed E-state index contributed by atoms with van der Waals surface area (Å²) in [5.41, 5.74) is 0.550. The average molecular weight is 277 g/mol. The highest BCUT2D eigenvalue weighted by atomic mass is 35.5. The SMILES string of the molecule is CN(C)CCOC(=O)Nc1ccc(Cl)c(Cl)c1. The number of nitrogens with one attached hydrogen (secondary N) is 1. The number of benzene rings is 1. The number of halogens is 2. The topological polar surface area (TPSA) is 41.6 Å². The normalized spacial score (nSPS) is 10.4. The summed E-state index contributed by atoms with van der Waals surface area (Å²) in [6, 6.07) is 4.83. The molecule has 1 amide bonds. The molecule has 0 aliphatic heterocycles. The van der Waals surface area contributed by atoms with Crippen LogP contribution in [-0.4, -0.2) is 38.2 Å². The minimum absolute atomic E-state index is 0.333. The van der Waals surface area contributed by atoms with Crippen LogP contribution in [0, 0.1) is 0 Å². The van der Waals surface area contributed by atoms with Gasteiger partial charge in [0.1, 0.15) is 6.61 Å². The fourth-order valence-electron chi connectivity index (χ4n) is 1.05. The third kappa shape index (κ3) is 5.26. The van der Waals surface area contributed by atoms with Gasteiger partial charge in [0.05, 0.1) is 10.0 Å². The highest BCUT2D eigenvalue weighted by molar-refractivity contribution is 6.42. The molecule has 0 bridgehead atoms. The standard InChI is InChI=1S/C11H14Cl2N2O2/c1-15(2)5-6-17-11(16)14-8-3-4-9(12)10(13)7-8/h3-4,7H,5-6H2,1-2H3,(H,14,16). The molecule has 0 aromatic heterocycles. The van der Waals surface area contributed by atoms with E-state index in [2.05, 4.69) is 5.32 Å². The number of amides is 1. The van der Waals surface area contributed by atoms with Crippen LogP contribution in [0.1, 0.15) is 0 Å². The van der Waals surface area contributed by atoms with Gasteiger partial charge < -0.3 is 9.64 Å². The number of ether oxygens (including phenoxy) is 1. The second-order valence-corrected chi connectivity index (χ2v) is 4.51. The van der Waals surface area contributed by atoms with Crippen LogP contribution in [0.3, 0.4) is 0 Å². The first kappa shape index (κ1) is 14.1. The predicted molar refractivity (Wildman–Crippen MR) is 70.0 cm³/mol. The monoisotopic (exact) mass is 276 g/mol. The Morgan fingerprint density at radius 3 is 2.65 bits per heavy atom. The second-order valence-electron chi connectivity index (χ2n) is 3.69. The zero-order valence-corrected chi connectivity index (χ0v) is 11.2. The zero-order chi connectivity index (χ0) is 12.8. The van der Waals surface area contributed by atoms with Crippen molar-refractivity contribution in [3.05, 3.63) is 28.2 Å². The molecular formula is C11H14Cl2N2O2. The molecule has 1 N–H and O–H groups in total. The first-order chi connectivity index (χ1) is 7.99. The first-order valence-electron chi connectivity index (χ1n) is 5.02. The van der Waals surface area contributed by atoms with Gasteiger partial charge in [0, 0.05) is 12.2 Å². The lowest BCUT2D eigenvalue weighted by atomic mass is 10.3. The van der Waals surface area contributed by atoms with Gasteiger partial charge in [-0.05, 0) is 32.3 Å². The van der Waals surface area contributed by atoms with E-state index in [1.54, 1.807) is 18.2 Å². The minimum atomic E-state index is -0.509. The zero-order valence-electron chi connectivity index (χ0n) is 9.67. The van der Waals surface area contributed by atoms with Crippen LogP contribution in [0.4, 0.5) is 10.5 Å². The molecule has 1 aromatic carbocycles. The third-order valence-corrected chi connectivity index (χ3v) is 2.68. The number of hydrogen-bond acceptors (Lipinski definition) is 3. The van der Waals surface area contributed by atoms with Crippen molar-refractivity contribution in [2.75, 3.05) is 32.6 Å². The summed E-state index contributed by atoms with van der Waals surface area (Å²) in [6.45, 7) is 1.01. The summed E-state index contributed by atoms with van der Waals surface area (Å²) >= 11 is 11.6. The second kappa shape index (κ2) is 6.69. The number of nitrogens with zero attached hydrogens (tertiary/aromatic N) is 1. The van der Waals surface area contributed by atoms with Gasteiger partial charge in [-0.3, -0.25) is 5.32 Å². The van der Waals surface area contributed by atoms with E-state index in [4.69, 9.17) is 27.9 Å². The van der Waals surface area contributed by atoms with E-state index >= 15 is 0 Å². The molecule has 17 heavy (non-hydrogen) atoms. The largest absolute Gasteiger partial charge is 0.448 e. The van der Waals surface area contributed by atoms with Crippen molar-refractivity contribution in [2.24, 2.45) is 0 Å². The van der Waals surface area contributed by atoms with Gasteiger partial charge in [0.15, 0.2) is 0 Å². The van der Waals surface area contributed by atoms with E-state index in [1.165, 1.54) is 0 Å². The maximum Gasteiger partial charge on any atom is 0.411 e. The Balaban J connectivity index is 2.42. The van der Waals surface area contributed by atoms with Crippen LogP contribution in [0.2, 0.25) is 10.0 Å². The van der Waals surface area contributed by atoms with Gasteiger partial charge in [-0.25, -0.2) is 4.79 Å². The van der Waals surface area contributed by atoms with Crippen LogP contribution < -0.4 is 5.32 Å². The van der Waals surface area contributed by atoms with Crippen molar-refractivity contribution in [1.29, 1.82) is 0 Å². The molecule has 0 spiro atoms. The van der Waals surface area contributed by atoms with Gasteiger partial charge in [-0.2, -0.15) is 0 Å². The molecule has 0 unspecified atom stereocenters. The number of anilines is 1. The number of carbonyl (C=O) groups excluding carboxylic acids is 1. The smallest absolute Gasteiger partial charge is 0.411 e. The Kier molecular flexibility index (Phi) is 5.55. The molecular weight excluding hydrogens is 263 g/mol. The van der Waals surface area contributed by atoms with Crippen molar-refractivity contribution >= 4 is 35.0 Å². The predicted octanol–water partition coefficient (Wildman–Crippen LogP) is 3.10. The Morgan fingerprint density at radius 1 is 1.35 bits per heavy atom. The minimum Gasteiger partial charge on any atom is -0.448 e. The molecule has 0 aliphatic carbocycles. The van der Waals surface area contributed by atoms with Gasteiger partial charge >= 0.3 is 6.09 Å². The summed E-state index contributed by atoms with van der Waals surface area (Å²) in [5, 5.41) is 3.39. The fourth-order valence-corrected chi connectivity index (χ4v) is 1.35. The van der Waals surface area contributed by atoms with Crippen LogP contribution in [0.5, 0.6) is 0 Å². The molecule has 0 aliphatic rings. The molecule has 0 saturated carbocycles. The van der Waals surface area contributed by atoms with E-state index in [-0.39, 0.29) is 0 Å². The Morgan fingerprint density at radius 2 is 2.06 bits per heavy atom. The van der Waals surface area contributed by atoms with E-state index < -0.39 is 6.09 Å². The lowest BCUT2D eigenvalue weighted by Crippen LogP contribution is -2.22. The molecule has 1 rings (SSSR count). The van der Waals surface area contributed by atoms with Crippen LogP contribution in [0.25, 0.3) is 0 Å². The Labute approximate surface area is 110 Å². The molecule has 1 aromatic rings. The first-order valence-corrected chi connectivity index (χ1v) is 5.78. The van der Waals surface area contributed by atoms with Crippen LogP contribution in [0.15, 0.2) is 18.2 Å². The lowest BCUT2D eigenvalue weighted by molar-refractivity contribution is 0.151. The molecule has 6 heteroatoms. The van der Waals surface area contributed by atoms with E-state index in [1.807, 2.05) is 19.0 Å². The van der Waals surface area contributed by atoms with E-state index in [9.17, 15) is 4.79 Å². The van der Waals surface area contributed by atoms with Crippen molar-refractivity contribution in [1.82, 2.24) is 4.90 Å². The quantitative estimate of drug-likeness (QED) is 0.919. The molecule has 0 radical (unpaired) electrons. The van der Waals surface area contributed by atoms with Crippen LogP contribution in [-0.2, 0) is 4.74 Å². The average Bonchev–Trinajstić information content (AvgIpc) is 2.23. The van der Waals surface area contributed by atoms with Gasteiger partial charge in [-0.15, -0.1) is 0 Å². The maximum atomic E-state index is 11.4. The van der Waals surface area contributed by atoms with Crippen LogP contribution >= 0.6 is 23.2 Å². The van der Waals surface area contributed by atoms with Gasteiger partial charge in [0.2, 0.25) is 0 Å². The fraction of sp³-hybridized carbons (Fsp3) is 0.364. The van der Waals surface area contributed by atoms with Crippen molar-refractivity contribution in [2.45, 2.75) is 0 Å². The number of rotatable bonds is 4. The summed E-state index contributed by atoms with van der Waals surface area (Å²) in [4.78, 5) is 13.3. The highest BCUT2D eigenvalue weighted by Crippen LogP contribution is 2.24. The highest BCUT2D eigenvalue weighted by Gasteiger charge is 2.05. The summed E-state index contributed by atoms with van der Waals surface area (Å²) in [6.07, 6.45) is -0.509. The molecule has 0 atom stereocenters. The third-order valence-electron chi connectivity index (χ3n) is 1.94. The number of hydrogen-bond donors (Lipinski definition) is 1. The molecule has 94 valence electrons. The molecule has 4 nitrogen and oxygen atoms in total. The summed E-state index contributed by atoms with van der Waals surface area (Å²) in [7, 11) is 3.81. The Bertz CT molecular complexity index is 397. The van der Waals surface area contributed by atoms with E-state index in [0.717, 1.165) is 0 Å². The molecule has 0 heterocycles. The van der Waals surface area contributed by atoms with Gasteiger partial charge in [-0.1, -0.05) is 23.2 Å². The van der Waals surface area contributed by atoms with E-state index in [0.29, 0.717) is 28.9 Å². The number of likely N-dealkylation sites (N-methyl/N-ethyl adjacent to an activating group) is 1. The molecule has 0 saturated heterocycles. The summed E-state index contributed by atoms with van der Waals surface area (Å²) in [5.74, 6) is 0. The van der Waals surface area contributed by atoms with Crippen molar-refractivity contribution in [3.8, 4) is 0 Å². The Hall–Kier alpha value is -0.970. The van der Waals surface area contributed by atoms with Crippen molar-refractivity contribution in [3.63, 3.8) is 0 Å².